The van der Waals surface area contributed by atoms with Gasteiger partial charge in [0.25, 0.3) is 0 Å². The molecule has 0 amide bonds. The van der Waals surface area contributed by atoms with Crippen molar-refractivity contribution in [1.29, 1.82) is 0 Å². The summed E-state index contributed by atoms with van der Waals surface area (Å²) in [5.41, 5.74) is 2.69. The summed E-state index contributed by atoms with van der Waals surface area (Å²) in [7, 11) is 0. The minimum absolute atomic E-state index is 0.181. The van der Waals surface area contributed by atoms with E-state index in [1.165, 1.54) is 0 Å². The molecule has 3 atom stereocenters. The Balaban J connectivity index is 1.70. The van der Waals surface area contributed by atoms with Gasteiger partial charge in [0.15, 0.2) is 11.5 Å². The second-order valence-electron chi connectivity index (χ2n) is 5.59. The van der Waals surface area contributed by atoms with Gasteiger partial charge >= 0.3 is 0 Å². The van der Waals surface area contributed by atoms with Crippen LogP contribution in [0.5, 0.6) is 11.5 Å². The Hall–Kier alpha value is -2.08. The van der Waals surface area contributed by atoms with Crippen LogP contribution >= 0.6 is 0 Å². The van der Waals surface area contributed by atoms with Gasteiger partial charge in [0.1, 0.15) is 6.10 Å². The van der Waals surface area contributed by atoms with E-state index < -0.39 is 12.2 Å². The first-order chi connectivity index (χ1) is 10.8. The molecule has 22 heavy (non-hydrogen) atoms. The number of nitrogens with one attached hydrogen (secondary N) is 1. The van der Waals surface area contributed by atoms with E-state index in [1.807, 2.05) is 42.5 Å². The molecule has 2 aliphatic rings. The molecule has 4 rings (SSSR count). The summed E-state index contributed by atoms with van der Waals surface area (Å²) in [6.07, 6.45) is -0.978. The first-order valence-corrected chi connectivity index (χ1v) is 7.37. The van der Waals surface area contributed by atoms with Gasteiger partial charge in [-0.1, -0.05) is 24.3 Å². The molecule has 2 aliphatic heterocycles. The quantitative estimate of drug-likeness (QED) is 0.678. The van der Waals surface area contributed by atoms with Gasteiger partial charge in [-0.25, -0.2) is 0 Å². The molecule has 1 fully saturated rings. The van der Waals surface area contributed by atoms with Crippen molar-refractivity contribution in [3.63, 3.8) is 0 Å². The number of aliphatic hydroxyl groups excluding tert-OH is 2. The number of aliphatic hydroxyl groups is 2. The summed E-state index contributed by atoms with van der Waals surface area (Å²) >= 11 is 0. The second kappa shape index (κ2) is 5.28. The average Bonchev–Trinajstić information content (AvgIpc) is 2.93. The van der Waals surface area contributed by atoms with Crippen LogP contribution in [-0.2, 0) is 4.74 Å². The summed E-state index contributed by atoms with van der Waals surface area (Å²) in [6.45, 7) is -0.181. The lowest BCUT2D eigenvalue weighted by atomic mass is 10.0. The van der Waals surface area contributed by atoms with Gasteiger partial charge < -0.3 is 25.0 Å². The van der Waals surface area contributed by atoms with Crippen LogP contribution in [0.1, 0.15) is 18.1 Å². The minimum Gasteiger partial charge on any atom is -0.453 e. The van der Waals surface area contributed by atoms with E-state index in [0.29, 0.717) is 6.42 Å². The largest absolute Gasteiger partial charge is 0.453 e. The fourth-order valence-corrected chi connectivity index (χ4v) is 3.04. The van der Waals surface area contributed by atoms with Crippen LogP contribution in [0, 0.1) is 0 Å². The fraction of sp³-hybridized carbons (Fsp3) is 0.294. The molecule has 1 saturated heterocycles. The Labute approximate surface area is 128 Å². The summed E-state index contributed by atoms with van der Waals surface area (Å²) < 4.78 is 11.7. The number of para-hydroxylation sites is 3. The molecule has 3 N–H and O–H groups in total. The lowest BCUT2D eigenvalue weighted by Crippen LogP contribution is -2.24. The van der Waals surface area contributed by atoms with Crippen molar-refractivity contribution >= 4 is 11.4 Å². The molecule has 0 spiro atoms. The number of hydrogen-bond acceptors (Lipinski definition) is 5. The highest BCUT2D eigenvalue weighted by molar-refractivity contribution is 5.78. The monoisotopic (exact) mass is 299 g/mol. The number of ether oxygens (including phenoxy) is 2. The molecule has 0 aromatic heterocycles. The van der Waals surface area contributed by atoms with E-state index in [2.05, 4.69) is 5.32 Å². The van der Waals surface area contributed by atoms with Crippen LogP contribution in [0.25, 0.3) is 0 Å². The van der Waals surface area contributed by atoms with Gasteiger partial charge in [0.2, 0.25) is 0 Å². The van der Waals surface area contributed by atoms with Crippen molar-refractivity contribution < 1.29 is 19.7 Å². The van der Waals surface area contributed by atoms with Gasteiger partial charge in [0, 0.05) is 12.0 Å². The Morgan fingerprint density at radius 2 is 1.91 bits per heavy atom. The molecule has 0 bridgehead atoms. The number of fused-ring (bicyclic) bond motifs is 2. The van der Waals surface area contributed by atoms with Crippen LogP contribution in [0.3, 0.4) is 0 Å². The number of hydrogen-bond donors (Lipinski definition) is 3. The molecule has 5 nitrogen and oxygen atoms in total. The SMILES string of the molecule is OC[C@H]1OC(c2cccc3c2Nc2ccccc2O3)C[C@@H]1O. The summed E-state index contributed by atoms with van der Waals surface area (Å²) in [4.78, 5) is 0. The highest BCUT2D eigenvalue weighted by atomic mass is 16.5. The lowest BCUT2D eigenvalue weighted by Gasteiger charge is -2.25. The number of anilines is 2. The van der Waals surface area contributed by atoms with Crippen molar-refractivity contribution in [2.45, 2.75) is 24.7 Å². The van der Waals surface area contributed by atoms with Crippen molar-refractivity contribution in [2.24, 2.45) is 0 Å². The maximum atomic E-state index is 9.95. The van der Waals surface area contributed by atoms with Gasteiger partial charge in [-0.2, -0.15) is 0 Å². The van der Waals surface area contributed by atoms with E-state index in [1.54, 1.807) is 0 Å². The van der Waals surface area contributed by atoms with Crippen LogP contribution < -0.4 is 10.1 Å². The van der Waals surface area contributed by atoms with Crippen molar-refractivity contribution in [1.82, 2.24) is 0 Å². The predicted molar refractivity (Wildman–Crippen MR) is 81.6 cm³/mol. The molecular weight excluding hydrogens is 282 g/mol. The molecule has 2 aromatic rings. The molecule has 5 heteroatoms. The minimum atomic E-state index is -0.650. The molecule has 0 aliphatic carbocycles. The lowest BCUT2D eigenvalue weighted by molar-refractivity contribution is -0.0224. The third-order valence-corrected chi connectivity index (χ3v) is 4.18. The zero-order valence-electron chi connectivity index (χ0n) is 11.9. The average molecular weight is 299 g/mol. The standard InChI is InChI=1S/C17H17NO4/c19-9-16-12(20)8-15(22-16)10-4-3-7-14-17(10)18-11-5-1-2-6-13(11)21-14/h1-7,12,15-16,18-20H,8-9H2/t12-,15?,16+/m0/s1. The zero-order valence-corrected chi connectivity index (χ0v) is 11.9. The van der Waals surface area contributed by atoms with Gasteiger partial charge in [-0.05, 0) is 18.2 Å². The first-order valence-electron chi connectivity index (χ1n) is 7.37. The Morgan fingerprint density at radius 1 is 1.09 bits per heavy atom. The number of rotatable bonds is 2. The summed E-state index contributed by atoms with van der Waals surface area (Å²) in [5, 5.41) is 22.6. The maximum Gasteiger partial charge on any atom is 0.151 e. The van der Waals surface area contributed by atoms with Crippen molar-refractivity contribution in [2.75, 3.05) is 11.9 Å². The van der Waals surface area contributed by atoms with Gasteiger partial charge in [-0.3, -0.25) is 0 Å². The van der Waals surface area contributed by atoms with Gasteiger partial charge in [-0.15, -0.1) is 0 Å². The third-order valence-electron chi connectivity index (χ3n) is 4.18. The maximum absolute atomic E-state index is 9.95. The van der Waals surface area contributed by atoms with Crippen molar-refractivity contribution in [3.8, 4) is 11.5 Å². The van der Waals surface area contributed by atoms with Crippen LogP contribution in [-0.4, -0.2) is 29.0 Å². The highest BCUT2D eigenvalue weighted by Gasteiger charge is 2.36. The molecule has 114 valence electrons. The van der Waals surface area contributed by atoms with E-state index in [9.17, 15) is 10.2 Å². The number of benzene rings is 2. The molecule has 0 radical (unpaired) electrons. The Bertz CT molecular complexity index is 703. The predicted octanol–water partition coefficient (Wildman–Crippen LogP) is 2.72. The van der Waals surface area contributed by atoms with E-state index in [4.69, 9.17) is 9.47 Å². The fourth-order valence-electron chi connectivity index (χ4n) is 3.04. The van der Waals surface area contributed by atoms with Crippen LogP contribution in [0.15, 0.2) is 42.5 Å². The molecule has 0 saturated carbocycles. The van der Waals surface area contributed by atoms with Crippen LogP contribution in [0.2, 0.25) is 0 Å². The first kappa shape index (κ1) is 13.6. The van der Waals surface area contributed by atoms with Crippen molar-refractivity contribution in [3.05, 3.63) is 48.0 Å². The molecule has 2 heterocycles. The zero-order chi connectivity index (χ0) is 15.1. The van der Waals surface area contributed by atoms with E-state index in [-0.39, 0.29) is 12.7 Å². The molecular formula is C17H17NO4. The Kier molecular flexibility index (Phi) is 3.26. The topological polar surface area (TPSA) is 71.0 Å². The third kappa shape index (κ3) is 2.14. The molecule has 1 unspecified atom stereocenters. The Morgan fingerprint density at radius 3 is 2.73 bits per heavy atom. The normalized spacial score (nSPS) is 25.8. The van der Waals surface area contributed by atoms with Crippen LogP contribution in [0.4, 0.5) is 11.4 Å². The van der Waals surface area contributed by atoms with E-state index >= 15 is 0 Å². The highest BCUT2D eigenvalue weighted by Crippen LogP contribution is 2.47. The second-order valence-corrected chi connectivity index (χ2v) is 5.59. The summed E-state index contributed by atoms with van der Waals surface area (Å²) in [5.74, 6) is 1.52. The van der Waals surface area contributed by atoms with Gasteiger partial charge in [0.05, 0.1) is 30.2 Å². The smallest absolute Gasteiger partial charge is 0.151 e. The van der Waals surface area contributed by atoms with E-state index in [0.717, 1.165) is 28.4 Å². The summed E-state index contributed by atoms with van der Waals surface area (Å²) in [6, 6.07) is 13.5. The molecule has 2 aromatic carbocycles.